The van der Waals surface area contributed by atoms with Gasteiger partial charge in [0, 0.05) is 43.3 Å². The Morgan fingerprint density at radius 1 is 1.14 bits per heavy atom. The van der Waals surface area contributed by atoms with Crippen LogP contribution in [0.25, 0.3) is 5.69 Å². The molecular formula is C20H27IN6S. The van der Waals surface area contributed by atoms with Gasteiger partial charge in [-0.05, 0) is 38.0 Å². The van der Waals surface area contributed by atoms with Crippen LogP contribution in [0, 0.1) is 6.92 Å². The van der Waals surface area contributed by atoms with Crippen LogP contribution in [-0.2, 0) is 12.8 Å². The summed E-state index contributed by atoms with van der Waals surface area (Å²) in [6.45, 7) is 6.53. The molecule has 0 atom stereocenters. The quantitative estimate of drug-likeness (QED) is 0.276. The number of aliphatic imine (C=N–C) groups is 1. The van der Waals surface area contributed by atoms with Gasteiger partial charge in [0.1, 0.15) is 0 Å². The van der Waals surface area contributed by atoms with Crippen molar-refractivity contribution in [1.82, 2.24) is 25.4 Å². The first-order valence-electron chi connectivity index (χ1n) is 9.27. The lowest BCUT2D eigenvalue weighted by Crippen LogP contribution is -2.38. The fourth-order valence-electron chi connectivity index (χ4n) is 2.66. The Morgan fingerprint density at radius 3 is 2.68 bits per heavy atom. The van der Waals surface area contributed by atoms with E-state index in [4.69, 9.17) is 0 Å². The second-order valence-corrected chi connectivity index (χ2v) is 7.50. The molecule has 0 spiro atoms. The molecule has 8 heteroatoms. The van der Waals surface area contributed by atoms with Crippen molar-refractivity contribution in [2.75, 3.05) is 19.6 Å². The van der Waals surface area contributed by atoms with Crippen molar-refractivity contribution in [3.63, 3.8) is 0 Å². The first-order valence-corrected chi connectivity index (χ1v) is 10.1. The number of aryl methyl sites for hydroxylation is 1. The van der Waals surface area contributed by atoms with E-state index in [0.717, 1.165) is 49.1 Å². The zero-order chi connectivity index (χ0) is 18.9. The summed E-state index contributed by atoms with van der Waals surface area (Å²) in [5.41, 5.74) is 2.27. The Labute approximate surface area is 187 Å². The van der Waals surface area contributed by atoms with Crippen LogP contribution >= 0.6 is 35.3 Å². The predicted molar refractivity (Wildman–Crippen MR) is 127 cm³/mol. The molecule has 0 aliphatic rings. The van der Waals surface area contributed by atoms with Crippen LogP contribution in [0.4, 0.5) is 0 Å². The topological polar surface area (TPSA) is 67.1 Å². The molecule has 0 saturated carbocycles. The van der Waals surface area contributed by atoms with Crippen LogP contribution in [0.1, 0.15) is 22.4 Å². The molecule has 6 nitrogen and oxygen atoms in total. The molecule has 150 valence electrons. The number of nitrogens with zero attached hydrogens (tertiary/aromatic N) is 4. The lowest BCUT2D eigenvalue weighted by Gasteiger charge is -2.10. The van der Waals surface area contributed by atoms with Crippen molar-refractivity contribution in [3.8, 4) is 5.69 Å². The number of nitrogens with one attached hydrogen (secondary N) is 2. The molecule has 0 radical (unpaired) electrons. The van der Waals surface area contributed by atoms with Crippen LogP contribution in [0.15, 0.2) is 53.9 Å². The van der Waals surface area contributed by atoms with E-state index in [1.54, 1.807) is 11.3 Å². The Bertz CT molecular complexity index is 858. The van der Waals surface area contributed by atoms with E-state index >= 15 is 0 Å². The number of halogens is 1. The van der Waals surface area contributed by atoms with Gasteiger partial charge in [-0.25, -0.2) is 9.67 Å². The highest BCUT2D eigenvalue weighted by Gasteiger charge is 2.03. The summed E-state index contributed by atoms with van der Waals surface area (Å²) in [6.07, 6.45) is 7.68. The Hall–Kier alpha value is -1.94. The average Bonchev–Trinajstić information content (AvgIpc) is 3.32. The van der Waals surface area contributed by atoms with Gasteiger partial charge >= 0.3 is 0 Å². The minimum atomic E-state index is 0. The summed E-state index contributed by atoms with van der Waals surface area (Å²) in [5, 5.41) is 12.3. The van der Waals surface area contributed by atoms with Crippen molar-refractivity contribution in [2.24, 2.45) is 4.99 Å². The molecule has 2 aromatic heterocycles. The van der Waals surface area contributed by atoms with Crippen LogP contribution in [0.2, 0.25) is 0 Å². The normalized spacial score (nSPS) is 11.1. The Morgan fingerprint density at radius 2 is 1.96 bits per heavy atom. The van der Waals surface area contributed by atoms with E-state index in [9.17, 15) is 0 Å². The predicted octanol–water partition coefficient (Wildman–Crippen LogP) is 3.60. The summed E-state index contributed by atoms with van der Waals surface area (Å²) in [5.74, 6) is 0.848. The SMILES string of the molecule is CCNC(=NCCc1ncc(C)s1)NCCc1cnn(-c2ccccc2)c1.I. The lowest BCUT2D eigenvalue weighted by molar-refractivity contribution is 0.796. The smallest absolute Gasteiger partial charge is 0.191 e. The third-order valence-corrected chi connectivity index (χ3v) is 4.94. The molecular weight excluding hydrogens is 483 g/mol. The fourth-order valence-corrected chi connectivity index (χ4v) is 3.43. The van der Waals surface area contributed by atoms with E-state index in [1.165, 1.54) is 10.4 Å². The number of guanidine groups is 1. The number of hydrogen-bond acceptors (Lipinski definition) is 4. The molecule has 28 heavy (non-hydrogen) atoms. The van der Waals surface area contributed by atoms with Gasteiger partial charge in [0.2, 0.25) is 0 Å². The van der Waals surface area contributed by atoms with E-state index in [-0.39, 0.29) is 24.0 Å². The maximum Gasteiger partial charge on any atom is 0.191 e. The molecule has 3 rings (SSSR count). The van der Waals surface area contributed by atoms with Crippen molar-refractivity contribution in [1.29, 1.82) is 0 Å². The van der Waals surface area contributed by atoms with Crippen molar-refractivity contribution >= 4 is 41.3 Å². The molecule has 0 unspecified atom stereocenters. The van der Waals surface area contributed by atoms with Crippen molar-refractivity contribution in [3.05, 3.63) is 64.4 Å². The van der Waals surface area contributed by atoms with Gasteiger partial charge in [-0.1, -0.05) is 18.2 Å². The standard InChI is InChI=1S/C20H26N6S.HI/c1-3-21-20(23-12-10-19-24-13-16(2)27-19)22-11-9-17-14-25-26(15-17)18-7-5-4-6-8-18;/h4-8,13-15H,3,9-12H2,1-2H3,(H2,21,22,23);1H. The third kappa shape index (κ3) is 6.90. The molecule has 0 bridgehead atoms. The molecule has 2 heterocycles. The summed E-state index contributed by atoms with van der Waals surface area (Å²) in [7, 11) is 0. The second kappa shape index (κ2) is 11.8. The molecule has 3 aromatic rings. The number of para-hydroxylation sites is 1. The first-order chi connectivity index (χ1) is 13.2. The van der Waals surface area contributed by atoms with Gasteiger partial charge in [-0.3, -0.25) is 4.99 Å². The van der Waals surface area contributed by atoms with Gasteiger partial charge in [-0.15, -0.1) is 35.3 Å². The highest BCUT2D eigenvalue weighted by Crippen LogP contribution is 2.11. The molecule has 1 aromatic carbocycles. The van der Waals surface area contributed by atoms with Gasteiger partial charge < -0.3 is 10.6 Å². The van der Waals surface area contributed by atoms with E-state index < -0.39 is 0 Å². The number of thiazole rings is 1. The summed E-state index contributed by atoms with van der Waals surface area (Å²) < 4.78 is 1.91. The molecule has 0 fully saturated rings. The summed E-state index contributed by atoms with van der Waals surface area (Å²) in [4.78, 5) is 10.3. The number of rotatable bonds is 8. The van der Waals surface area contributed by atoms with Gasteiger partial charge in [0.05, 0.1) is 16.9 Å². The van der Waals surface area contributed by atoms with Crippen LogP contribution in [-0.4, -0.2) is 40.4 Å². The average molecular weight is 510 g/mol. The highest BCUT2D eigenvalue weighted by molar-refractivity contribution is 14.0. The maximum absolute atomic E-state index is 4.64. The van der Waals surface area contributed by atoms with Crippen LogP contribution in [0.3, 0.4) is 0 Å². The van der Waals surface area contributed by atoms with Gasteiger partial charge in [0.15, 0.2) is 5.96 Å². The molecule has 0 saturated heterocycles. The summed E-state index contributed by atoms with van der Waals surface area (Å²) >= 11 is 1.74. The highest BCUT2D eigenvalue weighted by atomic mass is 127. The minimum Gasteiger partial charge on any atom is -0.357 e. The Kier molecular flexibility index (Phi) is 9.42. The number of hydrogen-bond donors (Lipinski definition) is 2. The largest absolute Gasteiger partial charge is 0.357 e. The monoisotopic (exact) mass is 510 g/mol. The fraction of sp³-hybridized carbons (Fsp3) is 0.350. The number of aromatic nitrogens is 3. The van der Waals surface area contributed by atoms with Crippen molar-refractivity contribution < 1.29 is 0 Å². The summed E-state index contributed by atoms with van der Waals surface area (Å²) in [6, 6.07) is 10.1. The molecule has 2 N–H and O–H groups in total. The first kappa shape index (κ1) is 22.4. The van der Waals surface area contributed by atoms with Crippen molar-refractivity contribution in [2.45, 2.75) is 26.7 Å². The minimum absolute atomic E-state index is 0. The zero-order valence-corrected chi connectivity index (χ0v) is 19.4. The zero-order valence-electron chi connectivity index (χ0n) is 16.3. The molecule has 0 aliphatic heterocycles. The van der Waals surface area contributed by atoms with Crippen LogP contribution in [0.5, 0.6) is 0 Å². The van der Waals surface area contributed by atoms with E-state index in [1.807, 2.05) is 35.3 Å². The lowest BCUT2D eigenvalue weighted by atomic mass is 10.2. The number of benzene rings is 1. The van der Waals surface area contributed by atoms with Gasteiger partial charge in [0.25, 0.3) is 0 Å². The maximum atomic E-state index is 4.64. The van der Waals surface area contributed by atoms with Crippen LogP contribution < -0.4 is 10.6 Å². The van der Waals surface area contributed by atoms with E-state index in [0.29, 0.717) is 0 Å². The second-order valence-electron chi connectivity index (χ2n) is 6.18. The molecule has 0 aliphatic carbocycles. The third-order valence-electron chi connectivity index (χ3n) is 3.97. The Balaban J connectivity index is 0.00000280. The van der Waals surface area contributed by atoms with E-state index in [2.05, 4.69) is 57.9 Å². The molecule has 0 amide bonds. The van der Waals surface area contributed by atoms with Gasteiger partial charge in [-0.2, -0.15) is 5.10 Å².